The van der Waals surface area contributed by atoms with E-state index in [1.54, 1.807) is 12.1 Å². The van der Waals surface area contributed by atoms with Crippen molar-refractivity contribution in [2.75, 3.05) is 6.61 Å². The minimum Gasteiger partial charge on any atom is -0.490 e. The van der Waals surface area contributed by atoms with Gasteiger partial charge in [-0.15, -0.1) is 0 Å². The summed E-state index contributed by atoms with van der Waals surface area (Å²) in [4.78, 5) is 0. The minimum absolute atomic E-state index is 0.612. The van der Waals surface area contributed by atoms with Gasteiger partial charge in [0.2, 0.25) is 0 Å². The van der Waals surface area contributed by atoms with Crippen LogP contribution in [0.5, 0.6) is 5.75 Å². The van der Waals surface area contributed by atoms with Crippen LogP contribution < -0.4 is 4.74 Å². The highest BCUT2D eigenvalue weighted by atomic mass is 16.5. The number of ether oxygens (including phenoxy) is 1. The van der Waals surface area contributed by atoms with Crippen molar-refractivity contribution in [1.82, 2.24) is 0 Å². The first kappa shape index (κ1) is 15.6. The standard InChI is InChI=1S/C19H25NO/c1-2-4-16-6-8-17(9-7-16)5-3-14-21-19-12-10-18(15-20)11-13-19/h3,5,10-13,16-17H,2,4,6-9,14H2,1H3/b5-3+/t16-,17-. The number of hydrogen-bond donors (Lipinski definition) is 0. The van der Waals surface area contributed by atoms with E-state index in [4.69, 9.17) is 10.00 Å². The number of allylic oxidation sites excluding steroid dienone is 1. The quantitative estimate of drug-likeness (QED) is 0.680. The largest absolute Gasteiger partial charge is 0.490 e. The van der Waals surface area contributed by atoms with Crippen LogP contribution in [0.25, 0.3) is 0 Å². The average molecular weight is 283 g/mol. The van der Waals surface area contributed by atoms with Crippen molar-refractivity contribution in [3.63, 3.8) is 0 Å². The lowest BCUT2D eigenvalue weighted by Gasteiger charge is -2.26. The SMILES string of the molecule is CCC[C@H]1CC[C@H](/C=C/COc2ccc(C#N)cc2)CC1. The molecule has 1 aromatic rings. The molecule has 0 amide bonds. The Balaban J connectivity index is 1.67. The van der Waals surface area contributed by atoms with Gasteiger partial charge in [0.1, 0.15) is 12.4 Å². The maximum atomic E-state index is 8.74. The molecule has 112 valence electrons. The maximum Gasteiger partial charge on any atom is 0.119 e. The van der Waals surface area contributed by atoms with Crippen molar-refractivity contribution < 1.29 is 4.74 Å². The third-order valence-corrected chi connectivity index (χ3v) is 4.33. The summed E-state index contributed by atoms with van der Waals surface area (Å²) in [6.07, 6.45) is 12.6. The Bertz CT molecular complexity index is 475. The summed E-state index contributed by atoms with van der Waals surface area (Å²) in [5.74, 6) is 2.53. The van der Waals surface area contributed by atoms with Crippen molar-refractivity contribution in [2.45, 2.75) is 45.4 Å². The van der Waals surface area contributed by atoms with Crippen molar-refractivity contribution >= 4 is 0 Å². The van der Waals surface area contributed by atoms with Crippen LogP contribution in [0.15, 0.2) is 36.4 Å². The van der Waals surface area contributed by atoms with Crippen molar-refractivity contribution in [2.24, 2.45) is 11.8 Å². The summed E-state index contributed by atoms with van der Waals surface area (Å²) in [7, 11) is 0. The molecule has 2 rings (SSSR count). The Kier molecular flexibility index (Phi) is 6.34. The summed E-state index contributed by atoms with van der Waals surface area (Å²) >= 11 is 0. The van der Waals surface area contributed by atoms with E-state index in [1.807, 2.05) is 12.1 Å². The number of nitriles is 1. The van der Waals surface area contributed by atoms with Crippen LogP contribution in [0.3, 0.4) is 0 Å². The predicted molar refractivity (Wildman–Crippen MR) is 86.1 cm³/mol. The van der Waals surface area contributed by atoms with Crippen LogP contribution in [0.2, 0.25) is 0 Å². The van der Waals surface area contributed by atoms with Crippen molar-refractivity contribution in [3.8, 4) is 11.8 Å². The van der Waals surface area contributed by atoms with E-state index in [0.29, 0.717) is 12.2 Å². The second kappa shape index (κ2) is 8.52. The highest BCUT2D eigenvalue weighted by Gasteiger charge is 2.18. The smallest absolute Gasteiger partial charge is 0.119 e. The maximum absolute atomic E-state index is 8.74. The van der Waals surface area contributed by atoms with Gasteiger partial charge in [-0.3, -0.25) is 0 Å². The first-order valence-electron chi connectivity index (χ1n) is 8.11. The van der Waals surface area contributed by atoms with E-state index in [-0.39, 0.29) is 0 Å². The number of hydrogen-bond acceptors (Lipinski definition) is 2. The van der Waals surface area contributed by atoms with E-state index in [1.165, 1.54) is 38.5 Å². The second-order valence-corrected chi connectivity index (χ2v) is 5.94. The van der Waals surface area contributed by atoms with Crippen LogP contribution in [0.1, 0.15) is 51.0 Å². The third kappa shape index (κ3) is 5.27. The molecule has 0 spiro atoms. The molecule has 2 nitrogen and oxygen atoms in total. The number of benzene rings is 1. The molecule has 1 aromatic carbocycles. The van der Waals surface area contributed by atoms with E-state index in [2.05, 4.69) is 25.1 Å². The van der Waals surface area contributed by atoms with Crippen LogP contribution in [0, 0.1) is 23.2 Å². The Morgan fingerprint density at radius 2 is 1.90 bits per heavy atom. The molecular weight excluding hydrogens is 258 g/mol. The monoisotopic (exact) mass is 283 g/mol. The average Bonchev–Trinajstić information content (AvgIpc) is 2.54. The van der Waals surface area contributed by atoms with Crippen molar-refractivity contribution in [3.05, 3.63) is 42.0 Å². The van der Waals surface area contributed by atoms with Gasteiger partial charge in [0.15, 0.2) is 0 Å². The van der Waals surface area contributed by atoms with Gasteiger partial charge < -0.3 is 4.74 Å². The van der Waals surface area contributed by atoms with Gasteiger partial charge in [-0.2, -0.15) is 5.26 Å². The number of rotatable bonds is 6. The third-order valence-electron chi connectivity index (χ3n) is 4.33. The van der Waals surface area contributed by atoms with E-state index < -0.39 is 0 Å². The van der Waals surface area contributed by atoms with Crippen LogP contribution in [0.4, 0.5) is 0 Å². The molecule has 0 N–H and O–H groups in total. The van der Waals surface area contributed by atoms with Gasteiger partial charge >= 0.3 is 0 Å². The molecule has 0 atom stereocenters. The van der Waals surface area contributed by atoms with Gasteiger partial charge in [-0.05, 0) is 61.8 Å². The summed E-state index contributed by atoms with van der Waals surface area (Å²) < 4.78 is 5.66. The van der Waals surface area contributed by atoms with Crippen LogP contribution >= 0.6 is 0 Å². The second-order valence-electron chi connectivity index (χ2n) is 5.94. The van der Waals surface area contributed by atoms with Gasteiger partial charge in [-0.25, -0.2) is 0 Å². The molecule has 1 fully saturated rings. The summed E-state index contributed by atoms with van der Waals surface area (Å²) in [5.41, 5.74) is 0.668. The predicted octanol–water partition coefficient (Wildman–Crippen LogP) is 5.10. The molecule has 0 saturated heterocycles. The van der Waals surface area contributed by atoms with Gasteiger partial charge in [0.05, 0.1) is 11.6 Å². The number of nitrogens with zero attached hydrogens (tertiary/aromatic N) is 1. The topological polar surface area (TPSA) is 33.0 Å². The summed E-state index contributed by atoms with van der Waals surface area (Å²) in [6.45, 7) is 2.90. The molecule has 0 aromatic heterocycles. The lowest BCUT2D eigenvalue weighted by molar-refractivity contribution is 0.292. The van der Waals surface area contributed by atoms with Crippen molar-refractivity contribution in [1.29, 1.82) is 5.26 Å². The minimum atomic E-state index is 0.612. The summed E-state index contributed by atoms with van der Waals surface area (Å²) in [6, 6.07) is 9.38. The first-order valence-corrected chi connectivity index (χ1v) is 8.11. The van der Waals surface area contributed by atoms with E-state index >= 15 is 0 Å². The molecule has 1 saturated carbocycles. The first-order chi connectivity index (χ1) is 10.3. The van der Waals surface area contributed by atoms with Crippen LogP contribution in [-0.4, -0.2) is 6.61 Å². The Hall–Kier alpha value is -1.75. The molecule has 0 aliphatic heterocycles. The Labute approximate surface area is 128 Å². The lowest BCUT2D eigenvalue weighted by Crippen LogP contribution is -2.13. The highest BCUT2D eigenvalue weighted by Crippen LogP contribution is 2.32. The molecule has 0 bridgehead atoms. The zero-order chi connectivity index (χ0) is 14.9. The molecule has 0 unspecified atom stereocenters. The zero-order valence-electron chi connectivity index (χ0n) is 12.9. The Morgan fingerprint density at radius 3 is 2.52 bits per heavy atom. The van der Waals surface area contributed by atoms with Crippen LogP contribution in [-0.2, 0) is 0 Å². The Morgan fingerprint density at radius 1 is 1.19 bits per heavy atom. The molecule has 0 heterocycles. The highest BCUT2D eigenvalue weighted by molar-refractivity contribution is 5.34. The van der Waals surface area contributed by atoms with Gasteiger partial charge in [0, 0.05) is 0 Å². The molecule has 1 aliphatic carbocycles. The van der Waals surface area contributed by atoms with Gasteiger partial charge in [-0.1, -0.05) is 31.9 Å². The summed E-state index contributed by atoms with van der Waals surface area (Å²) in [5, 5.41) is 8.74. The molecule has 1 aliphatic rings. The molecular formula is C19H25NO. The molecule has 2 heteroatoms. The zero-order valence-corrected chi connectivity index (χ0v) is 12.9. The molecule has 21 heavy (non-hydrogen) atoms. The normalized spacial score (nSPS) is 22.1. The molecule has 0 radical (unpaired) electrons. The van der Waals surface area contributed by atoms with E-state index in [0.717, 1.165) is 17.6 Å². The lowest BCUT2D eigenvalue weighted by atomic mass is 9.80. The van der Waals surface area contributed by atoms with Gasteiger partial charge in [0.25, 0.3) is 0 Å². The fourth-order valence-corrected chi connectivity index (χ4v) is 3.10. The fourth-order valence-electron chi connectivity index (χ4n) is 3.10. The van der Waals surface area contributed by atoms with E-state index in [9.17, 15) is 0 Å². The fraction of sp³-hybridized carbons (Fsp3) is 0.526.